The number of thioether (sulfide) groups is 1. The number of nitrogens with two attached hydrogens (primary N) is 1. The Kier molecular flexibility index (Phi) is 2.79. The fourth-order valence-corrected chi connectivity index (χ4v) is 2.02. The highest BCUT2D eigenvalue weighted by molar-refractivity contribution is 7.99. The molecular formula is C10H9N5S. The number of fused-ring (bicyclic) bond motifs is 1. The molecule has 0 aliphatic rings. The standard InChI is InChI=1S/C10H9N5S/c1-2-5-16-10-7(6-11)9(12)15-8(14-10)3-4-13-15/h2-4H,1,5,12H2. The average molecular weight is 231 g/mol. The molecule has 2 N–H and O–H groups in total. The molecule has 0 aliphatic carbocycles. The zero-order valence-corrected chi connectivity index (χ0v) is 9.24. The van der Waals surface area contributed by atoms with Gasteiger partial charge in [-0.2, -0.15) is 14.9 Å². The molecule has 2 heterocycles. The second kappa shape index (κ2) is 4.24. The molecule has 0 saturated carbocycles. The maximum Gasteiger partial charge on any atom is 0.158 e. The van der Waals surface area contributed by atoms with Gasteiger partial charge in [-0.25, -0.2) is 4.98 Å². The fraction of sp³-hybridized carbons (Fsp3) is 0.100. The molecule has 2 rings (SSSR count). The molecule has 0 saturated heterocycles. The third-order valence-electron chi connectivity index (χ3n) is 1.99. The van der Waals surface area contributed by atoms with Crippen molar-refractivity contribution in [1.29, 1.82) is 5.26 Å². The lowest BCUT2D eigenvalue weighted by atomic mass is 10.3. The summed E-state index contributed by atoms with van der Waals surface area (Å²) in [7, 11) is 0. The minimum atomic E-state index is 0.323. The molecule has 2 aromatic heterocycles. The van der Waals surface area contributed by atoms with Gasteiger partial charge in [0.1, 0.15) is 22.5 Å². The van der Waals surface area contributed by atoms with E-state index in [-0.39, 0.29) is 0 Å². The Balaban J connectivity index is 2.62. The van der Waals surface area contributed by atoms with Crippen molar-refractivity contribution in [3.63, 3.8) is 0 Å². The van der Waals surface area contributed by atoms with Gasteiger partial charge in [0, 0.05) is 11.8 Å². The molecule has 0 amide bonds. The van der Waals surface area contributed by atoms with E-state index in [1.807, 2.05) is 0 Å². The van der Waals surface area contributed by atoms with Gasteiger partial charge in [-0.1, -0.05) is 6.08 Å². The summed E-state index contributed by atoms with van der Waals surface area (Å²) < 4.78 is 1.45. The van der Waals surface area contributed by atoms with Crippen LogP contribution >= 0.6 is 11.8 Å². The molecule has 0 aromatic carbocycles. The number of hydrogen-bond donors (Lipinski definition) is 1. The number of rotatable bonds is 3. The minimum absolute atomic E-state index is 0.323. The van der Waals surface area contributed by atoms with Gasteiger partial charge < -0.3 is 5.73 Å². The van der Waals surface area contributed by atoms with Crippen molar-refractivity contribution in [2.45, 2.75) is 5.03 Å². The highest BCUT2D eigenvalue weighted by Gasteiger charge is 2.13. The zero-order chi connectivity index (χ0) is 11.5. The van der Waals surface area contributed by atoms with E-state index in [9.17, 15) is 0 Å². The molecule has 0 radical (unpaired) electrons. The van der Waals surface area contributed by atoms with Crippen LogP contribution in [0.15, 0.2) is 29.9 Å². The van der Waals surface area contributed by atoms with Crippen molar-refractivity contribution in [2.24, 2.45) is 0 Å². The van der Waals surface area contributed by atoms with Gasteiger partial charge in [0.05, 0.1) is 6.20 Å². The molecule has 0 atom stereocenters. The van der Waals surface area contributed by atoms with Crippen molar-refractivity contribution in [2.75, 3.05) is 11.5 Å². The third kappa shape index (κ3) is 1.61. The Bertz CT molecular complexity index is 581. The molecule has 6 heteroatoms. The first-order valence-electron chi connectivity index (χ1n) is 4.55. The summed E-state index contributed by atoms with van der Waals surface area (Å²) in [5, 5.41) is 13.7. The van der Waals surface area contributed by atoms with E-state index in [0.717, 1.165) is 0 Å². The van der Waals surface area contributed by atoms with E-state index < -0.39 is 0 Å². The van der Waals surface area contributed by atoms with Crippen LogP contribution in [0.25, 0.3) is 5.65 Å². The Morgan fingerprint density at radius 3 is 3.19 bits per heavy atom. The Morgan fingerprint density at radius 1 is 1.69 bits per heavy atom. The van der Waals surface area contributed by atoms with Crippen LogP contribution in [0.4, 0.5) is 5.82 Å². The van der Waals surface area contributed by atoms with Crippen LogP contribution in [0.5, 0.6) is 0 Å². The molecule has 0 fully saturated rings. The van der Waals surface area contributed by atoms with Gasteiger partial charge in [-0.05, 0) is 0 Å². The highest BCUT2D eigenvalue weighted by atomic mass is 32.2. The Morgan fingerprint density at radius 2 is 2.50 bits per heavy atom. The SMILES string of the molecule is C=CCSc1nc2ccnn2c(N)c1C#N. The van der Waals surface area contributed by atoms with Crippen molar-refractivity contribution >= 4 is 23.2 Å². The fourth-order valence-electron chi connectivity index (χ4n) is 1.29. The average Bonchev–Trinajstić information content (AvgIpc) is 2.75. The first-order valence-corrected chi connectivity index (χ1v) is 5.53. The molecule has 16 heavy (non-hydrogen) atoms. The molecule has 0 bridgehead atoms. The number of nitrogens with zero attached hydrogens (tertiary/aromatic N) is 4. The monoisotopic (exact) mass is 231 g/mol. The van der Waals surface area contributed by atoms with Crippen molar-refractivity contribution in [3.05, 3.63) is 30.5 Å². The van der Waals surface area contributed by atoms with Gasteiger partial charge in [0.2, 0.25) is 0 Å². The molecule has 2 aromatic rings. The van der Waals surface area contributed by atoms with Gasteiger partial charge in [-0.3, -0.25) is 0 Å². The van der Waals surface area contributed by atoms with Crippen LogP contribution in [-0.4, -0.2) is 20.4 Å². The predicted octanol–water partition coefficient (Wildman–Crippen LogP) is 1.46. The first-order chi connectivity index (χ1) is 7.77. The van der Waals surface area contributed by atoms with E-state index in [1.54, 1.807) is 18.3 Å². The summed E-state index contributed by atoms with van der Waals surface area (Å²) in [5.74, 6) is 1.01. The van der Waals surface area contributed by atoms with Crippen LogP contribution in [-0.2, 0) is 0 Å². The quantitative estimate of drug-likeness (QED) is 0.491. The number of hydrogen-bond acceptors (Lipinski definition) is 5. The summed E-state index contributed by atoms with van der Waals surface area (Å²) in [6.07, 6.45) is 3.35. The van der Waals surface area contributed by atoms with Gasteiger partial charge in [0.15, 0.2) is 5.65 Å². The number of anilines is 1. The number of nitriles is 1. The Hall–Kier alpha value is -2.00. The van der Waals surface area contributed by atoms with Crippen LogP contribution in [0.2, 0.25) is 0 Å². The number of nitrogen functional groups attached to an aromatic ring is 1. The van der Waals surface area contributed by atoms with Crippen LogP contribution in [0.3, 0.4) is 0 Å². The second-order valence-corrected chi connectivity index (χ2v) is 4.00. The lowest BCUT2D eigenvalue weighted by Crippen LogP contribution is -2.05. The normalized spacial score (nSPS) is 10.2. The maximum absolute atomic E-state index is 9.05. The van der Waals surface area contributed by atoms with Gasteiger partial charge >= 0.3 is 0 Å². The van der Waals surface area contributed by atoms with E-state index >= 15 is 0 Å². The summed E-state index contributed by atoms with van der Waals surface area (Å²) in [4.78, 5) is 4.32. The van der Waals surface area contributed by atoms with Crippen molar-refractivity contribution in [1.82, 2.24) is 14.6 Å². The molecule has 0 unspecified atom stereocenters. The van der Waals surface area contributed by atoms with E-state index in [1.165, 1.54) is 16.3 Å². The van der Waals surface area contributed by atoms with Crippen LogP contribution in [0, 0.1) is 11.3 Å². The van der Waals surface area contributed by atoms with Gasteiger partial charge in [0.25, 0.3) is 0 Å². The van der Waals surface area contributed by atoms with Crippen molar-refractivity contribution in [3.8, 4) is 6.07 Å². The first kappa shape index (κ1) is 10.5. The summed E-state index contributed by atoms with van der Waals surface area (Å²) in [6, 6.07) is 3.80. The lowest BCUT2D eigenvalue weighted by Gasteiger charge is -2.05. The molecule has 0 aliphatic heterocycles. The predicted molar refractivity (Wildman–Crippen MR) is 63.0 cm³/mol. The molecule has 5 nitrogen and oxygen atoms in total. The third-order valence-corrected chi connectivity index (χ3v) is 2.96. The second-order valence-electron chi connectivity index (χ2n) is 2.99. The van der Waals surface area contributed by atoms with Gasteiger partial charge in [-0.15, -0.1) is 18.3 Å². The summed E-state index contributed by atoms with van der Waals surface area (Å²) in [5.41, 5.74) is 6.85. The molecular weight excluding hydrogens is 222 g/mol. The number of aromatic nitrogens is 3. The zero-order valence-electron chi connectivity index (χ0n) is 8.42. The smallest absolute Gasteiger partial charge is 0.158 e. The van der Waals surface area contributed by atoms with Crippen LogP contribution < -0.4 is 5.73 Å². The molecule has 80 valence electrons. The summed E-state index contributed by atoms with van der Waals surface area (Å²) >= 11 is 1.43. The largest absolute Gasteiger partial charge is 0.382 e. The van der Waals surface area contributed by atoms with E-state index in [4.69, 9.17) is 11.0 Å². The molecule has 0 spiro atoms. The van der Waals surface area contributed by atoms with Crippen molar-refractivity contribution < 1.29 is 0 Å². The minimum Gasteiger partial charge on any atom is -0.382 e. The highest BCUT2D eigenvalue weighted by Crippen LogP contribution is 2.25. The van der Waals surface area contributed by atoms with E-state index in [0.29, 0.717) is 27.8 Å². The summed E-state index contributed by atoms with van der Waals surface area (Å²) in [6.45, 7) is 3.63. The van der Waals surface area contributed by atoms with E-state index in [2.05, 4.69) is 22.7 Å². The maximum atomic E-state index is 9.05. The van der Waals surface area contributed by atoms with Crippen LogP contribution in [0.1, 0.15) is 5.56 Å². The Labute approximate surface area is 96.6 Å². The lowest BCUT2D eigenvalue weighted by molar-refractivity contribution is 0.921. The topological polar surface area (TPSA) is 80.0 Å².